The molecule has 0 atom stereocenters. The Bertz CT molecular complexity index is 856. The average Bonchev–Trinajstić information content (AvgIpc) is 2.83. The van der Waals surface area contributed by atoms with Gasteiger partial charge in [-0.15, -0.1) is 0 Å². The minimum absolute atomic E-state index is 0.0406. The Morgan fingerprint density at radius 2 is 2.00 bits per heavy atom. The zero-order chi connectivity index (χ0) is 17.4. The van der Waals surface area contributed by atoms with E-state index in [0.717, 1.165) is 4.90 Å². The molecule has 1 N–H and O–H groups in total. The van der Waals surface area contributed by atoms with Crippen molar-refractivity contribution in [1.29, 1.82) is 0 Å². The van der Waals surface area contributed by atoms with Crippen molar-refractivity contribution in [1.82, 2.24) is 0 Å². The van der Waals surface area contributed by atoms with Crippen LogP contribution in [-0.4, -0.2) is 19.9 Å². The predicted octanol–water partition coefficient (Wildman–Crippen LogP) is 1.47. The highest BCUT2D eigenvalue weighted by Gasteiger charge is 2.32. The molecule has 3 rings (SSSR count). The number of allylic oxidation sites excluding steroid dienone is 1. The fourth-order valence-electron chi connectivity index (χ4n) is 2.82. The van der Waals surface area contributed by atoms with E-state index in [2.05, 4.69) is 0 Å². The van der Waals surface area contributed by atoms with Crippen LogP contribution in [0.25, 0.3) is 6.08 Å². The third-order valence-electron chi connectivity index (χ3n) is 3.93. The second-order valence-corrected chi connectivity index (χ2v) is 6.22. The summed E-state index contributed by atoms with van der Waals surface area (Å²) in [4.78, 5) is 13.7. The van der Waals surface area contributed by atoms with Gasteiger partial charge < -0.3 is 14.7 Å². The number of ether oxygens (including phenoxy) is 1. The molecule has 2 aromatic carbocycles. The molecule has 0 spiro atoms. The van der Waals surface area contributed by atoms with Gasteiger partial charge in [0.25, 0.3) is 0 Å². The highest BCUT2D eigenvalue weighted by Crippen LogP contribution is 2.40. The van der Waals surface area contributed by atoms with Gasteiger partial charge in [-0.3, -0.25) is 4.79 Å². The molecule has 1 aliphatic heterocycles. The maximum absolute atomic E-state index is 13.8. The highest BCUT2D eigenvalue weighted by molar-refractivity contribution is 6.15. The Hall–Kier alpha value is -2.66. The van der Waals surface area contributed by atoms with E-state index in [0.29, 0.717) is 29.0 Å². The molecule has 5 heteroatoms. The monoisotopic (exact) mass is 327 g/mol. The van der Waals surface area contributed by atoms with E-state index in [1.165, 1.54) is 18.2 Å². The van der Waals surface area contributed by atoms with Crippen molar-refractivity contribution in [3.8, 4) is 11.5 Å². The van der Waals surface area contributed by atoms with E-state index in [1.807, 2.05) is 14.1 Å². The lowest BCUT2D eigenvalue weighted by Crippen LogP contribution is -3.04. The number of quaternary nitrogens is 1. The zero-order valence-corrected chi connectivity index (χ0v) is 13.8. The molecule has 2 aromatic rings. The molecule has 0 aliphatic carbocycles. The number of benzene rings is 2. The van der Waals surface area contributed by atoms with E-state index in [-0.39, 0.29) is 22.9 Å². The number of nitrogens with one attached hydrogen (secondary N) is 1. The molecule has 0 radical (unpaired) electrons. The summed E-state index contributed by atoms with van der Waals surface area (Å²) in [5, 5.41) is 12.3. The minimum atomic E-state index is -0.434. The van der Waals surface area contributed by atoms with E-state index >= 15 is 0 Å². The van der Waals surface area contributed by atoms with Crippen LogP contribution in [0.5, 0.6) is 11.5 Å². The number of hydrogen-bond acceptors (Lipinski definition) is 3. The molecule has 0 saturated heterocycles. The Balaban J connectivity index is 2.10. The normalized spacial score (nSPS) is 15.0. The van der Waals surface area contributed by atoms with Crippen LogP contribution in [0.2, 0.25) is 0 Å². The van der Waals surface area contributed by atoms with Crippen molar-refractivity contribution in [3.63, 3.8) is 0 Å². The van der Waals surface area contributed by atoms with Crippen LogP contribution < -0.4 is 14.7 Å². The van der Waals surface area contributed by atoms with Crippen LogP contribution in [0.15, 0.2) is 36.1 Å². The van der Waals surface area contributed by atoms with Crippen LogP contribution in [0, 0.1) is 12.7 Å². The summed E-state index contributed by atoms with van der Waals surface area (Å²) in [5.41, 5.74) is 1.72. The van der Waals surface area contributed by atoms with E-state index in [4.69, 9.17) is 4.74 Å². The lowest BCUT2D eigenvalue weighted by molar-refractivity contribution is -0.872. The molecular weight excluding hydrogens is 309 g/mol. The molecule has 0 aromatic heterocycles. The first kappa shape index (κ1) is 16.2. The maximum Gasteiger partial charge on any atom is 0.232 e. The first-order valence-corrected chi connectivity index (χ1v) is 7.69. The number of halogens is 1. The smallest absolute Gasteiger partial charge is 0.232 e. The van der Waals surface area contributed by atoms with Crippen molar-refractivity contribution < 1.29 is 23.9 Å². The summed E-state index contributed by atoms with van der Waals surface area (Å²) in [6, 6.07) is 7.61. The van der Waals surface area contributed by atoms with Gasteiger partial charge >= 0.3 is 0 Å². The predicted molar refractivity (Wildman–Crippen MR) is 86.5 cm³/mol. The van der Waals surface area contributed by atoms with Crippen molar-refractivity contribution >= 4 is 11.9 Å². The summed E-state index contributed by atoms with van der Waals surface area (Å²) in [5.74, 6) is -0.544. The topological polar surface area (TPSA) is 53.8 Å². The molecule has 4 nitrogen and oxygen atoms in total. The third kappa shape index (κ3) is 2.78. The molecule has 124 valence electrons. The lowest BCUT2D eigenvalue weighted by atomic mass is 9.99. The second-order valence-electron chi connectivity index (χ2n) is 6.22. The largest absolute Gasteiger partial charge is 0.872 e. The van der Waals surface area contributed by atoms with Gasteiger partial charge in [0.15, 0.2) is 5.76 Å². The van der Waals surface area contributed by atoms with Gasteiger partial charge in [0, 0.05) is 11.1 Å². The third-order valence-corrected chi connectivity index (χ3v) is 3.93. The molecule has 1 aliphatic rings. The number of fused-ring (bicyclic) bond motifs is 1. The first-order chi connectivity index (χ1) is 11.4. The minimum Gasteiger partial charge on any atom is -0.872 e. The molecule has 0 amide bonds. The van der Waals surface area contributed by atoms with Crippen molar-refractivity contribution in [3.05, 3.63) is 64.2 Å². The molecule has 0 fully saturated rings. The fourth-order valence-corrected chi connectivity index (χ4v) is 2.82. The number of rotatable bonds is 3. The summed E-state index contributed by atoms with van der Waals surface area (Å²) in [6.45, 7) is 2.15. The number of Topliss-reactive ketones (excluding diaryl/α,β-unsaturated/α-hetero) is 1. The summed E-state index contributed by atoms with van der Waals surface area (Å²) in [7, 11) is 3.83. The van der Waals surface area contributed by atoms with Crippen LogP contribution in [0.4, 0.5) is 4.39 Å². The van der Waals surface area contributed by atoms with Gasteiger partial charge in [0.05, 0.1) is 19.7 Å². The maximum atomic E-state index is 13.8. The van der Waals surface area contributed by atoms with Gasteiger partial charge in [-0.1, -0.05) is 30.0 Å². The summed E-state index contributed by atoms with van der Waals surface area (Å²) >= 11 is 0. The van der Waals surface area contributed by atoms with Crippen LogP contribution >= 0.6 is 0 Å². The van der Waals surface area contributed by atoms with E-state index < -0.39 is 5.82 Å². The quantitative estimate of drug-likeness (QED) is 0.869. The Morgan fingerprint density at radius 1 is 1.29 bits per heavy atom. The summed E-state index contributed by atoms with van der Waals surface area (Å²) in [6.07, 6.45) is 1.38. The fraction of sp³-hybridized carbons (Fsp3) is 0.211. The van der Waals surface area contributed by atoms with Crippen LogP contribution in [0.3, 0.4) is 0 Å². The Morgan fingerprint density at radius 3 is 2.67 bits per heavy atom. The molecular formula is C19H18FNO3. The van der Waals surface area contributed by atoms with Gasteiger partial charge in [0.2, 0.25) is 5.78 Å². The van der Waals surface area contributed by atoms with Gasteiger partial charge in [-0.2, -0.15) is 0 Å². The molecule has 1 heterocycles. The number of aryl methyl sites for hydroxylation is 1. The Kier molecular flexibility index (Phi) is 4.11. The molecule has 0 unspecified atom stereocenters. The summed E-state index contributed by atoms with van der Waals surface area (Å²) < 4.78 is 19.5. The van der Waals surface area contributed by atoms with Crippen LogP contribution in [0.1, 0.15) is 27.0 Å². The van der Waals surface area contributed by atoms with Gasteiger partial charge in [-0.05, 0) is 24.6 Å². The van der Waals surface area contributed by atoms with Gasteiger partial charge in [0.1, 0.15) is 18.1 Å². The standard InChI is InChI=1S/C19H18FNO3/c1-11-8-15(22)13(10-21(2)3)19-17(11)18(23)16(24-19)9-12-6-4-5-7-14(12)20/h4-9,22H,10H2,1-3H3. The lowest BCUT2D eigenvalue weighted by Gasteiger charge is -2.19. The van der Waals surface area contributed by atoms with Gasteiger partial charge in [-0.25, -0.2) is 4.39 Å². The highest BCUT2D eigenvalue weighted by atomic mass is 19.1. The molecule has 0 bridgehead atoms. The van der Waals surface area contributed by atoms with E-state index in [1.54, 1.807) is 25.1 Å². The Labute approximate surface area is 139 Å². The molecule has 0 saturated carbocycles. The first-order valence-electron chi connectivity index (χ1n) is 7.69. The number of carbonyl (C=O) groups is 1. The van der Waals surface area contributed by atoms with Crippen molar-refractivity contribution in [2.75, 3.05) is 14.1 Å². The number of ketones is 1. The average molecular weight is 327 g/mol. The SMILES string of the molecule is Cc1cc([O-])c(C[NH+](C)C)c2c1C(=O)C(=Cc1ccccc1F)O2. The zero-order valence-electron chi connectivity index (χ0n) is 13.8. The molecule has 24 heavy (non-hydrogen) atoms. The second kappa shape index (κ2) is 6.09. The van der Waals surface area contributed by atoms with Crippen molar-refractivity contribution in [2.24, 2.45) is 0 Å². The number of carbonyl (C=O) groups excluding carboxylic acids is 1. The van der Waals surface area contributed by atoms with Crippen LogP contribution in [-0.2, 0) is 6.54 Å². The number of hydrogen-bond donors (Lipinski definition) is 1. The van der Waals surface area contributed by atoms with E-state index in [9.17, 15) is 14.3 Å². The van der Waals surface area contributed by atoms with Crippen molar-refractivity contribution in [2.45, 2.75) is 13.5 Å².